The minimum Gasteiger partial charge on any atom is -0.481 e. The topological polar surface area (TPSA) is 95.9 Å². The number of hydrogen-bond acceptors (Lipinski definition) is 5. The summed E-state index contributed by atoms with van der Waals surface area (Å²) in [4.78, 5) is 24.4. The van der Waals surface area contributed by atoms with Crippen LogP contribution >= 0.6 is 11.8 Å². The monoisotopic (exact) mass is 295 g/mol. The molecule has 0 fully saturated rings. The van der Waals surface area contributed by atoms with Crippen molar-refractivity contribution >= 4 is 23.5 Å². The first-order valence-electron chi connectivity index (χ1n) is 5.55. The van der Waals surface area contributed by atoms with Gasteiger partial charge in [-0.05, 0) is 25.1 Å². The molecule has 0 radical (unpaired) electrons. The number of aromatic nitrogens is 3. The molecule has 0 saturated heterocycles. The van der Waals surface area contributed by atoms with Gasteiger partial charge in [-0.15, -0.1) is 10.2 Å². The maximum Gasteiger partial charge on any atom is 0.313 e. The van der Waals surface area contributed by atoms with E-state index in [0.717, 1.165) is 11.8 Å². The number of Topliss-reactive ketones (excluding diaryl/α,β-unsaturated/α-hetero) is 1. The molecule has 1 aromatic heterocycles. The van der Waals surface area contributed by atoms with E-state index in [4.69, 9.17) is 5.11 Å². The number of nitrogens with zero attached hydrogens (tertiary/aromatic N) is 2. The van der Waals surface area contributed by atoms with Crippen LogP contribution in [-0.4, -0.2) is 37.8 Å². The molecule has 2 rings (SSSR count). The lowest BCUT2D eigenvalue weighted by molar-refractivity contribution is -0.133. The Balaban J connectivity index is 2.29. The number of aromatic amines is 1. The molecule has 20 heavy (non-hydrogen) atoms. The number of benzene rings is 1. The van der Waals surface area contributed by atoms with Crippen LogP contribution in [0.5, 0.6) is 0 Å². The third-order valence-electron chi connectivity index (χ3n) is 2.43. The highest BCUT2D eigenvalue weighted by Gasteiger charge is 2.13. The third kappa shape index (κ3) is 3.21. The fourth-order valence-electron chi connectivity index (χ4n) is 1.49. The Labute approximate surface area is 117 Å². The fourth-order valence-corrected chi connectivity index (χ4v) is 2.02. The molecule has 0 aliphatic rings. The molecule has 104 valence electrons. The van der Waals surface area contributed by atoms with Crippen LogP contribution in [0.1, 0.15) is 17.3 Å². The molecule has 0 atom stereocenters. The number of nitrogens with one attached hydrogen (secondary N) is 1. The van der Waals surface area contributed by atoms with Crippen molar-refractivity contribution in [2.45, 2.75) is 12.1 Å². The fraction of sp³-hybridized carbons (Fsp3) is 0.167. The summed E-state index contributed by atoms with van der Waals surface area (Å²) >= 11 is 0.942. The van der Waals surface area contributed by atoms with Crippen LogP contribution < -0.4 is 0 Å². The van der Waals surface area contributed by atoms with Crippen molar-refractivity contribution in [3.05, 3.63) is 29.6 Å². The molecule has 6 nitrogen and oxygen atoms in total. The molecule has 0 unspecified atom stereocenters. The van der Waals surface area contributed by atoms with Gasteiger partial charge in [0.1, 0.15) is 5.82 Å². The molecule has 1 aromatic carbocycles. The summed E-state index contributed by atoms with van der Waals surface area (Å²) in [5, 5.41) is 16.3. The van der Waals surface area contributed by atoms with Crippen molar-refractivity contribution in [1.29, 1.82) is 0 Å². The number of carbonyl (C=O) groups excluding carboxylic acids is 1. The van der Waals surface area contributed by atoms with E-state index in [2.05, 4.69) is 15.2 Å². The van der Waals surface area contributed by atoms with Crippen LogP contribution in [0.2, 0.25) is 0 Å². The van der Waals surface area contributed by atoms with Gasteiger partial charge in [0.25, 0.3) is 0 Å². The van der Waals surface area contributed by atoms with E-state index in [1.165, 1.54) is 25.1 Å². The highest BCUT2D eigenvalue weighted by molar-refractivity contribution is 7.99. The first-order valence-corrected chi connectivity index (χ1v) is 6.54. The molecule has 0 aliphatic carbocycles. The Morgan fingerprint density at radius 3 is 2.80 bits per heavy atom. The van der Waals surface area contributed by atoms with Crippen LogP contribution in [0.25, 0.3) is 11.4 Å². The largest absolute Gasteiger partial charge is 0.481 e. The smallest absolute Gasteiger partial charge is 0.313 e. The molecule has 0 aliphatic heterocycles. The maximum absolute atomic E-state index is 13.7. The number of thioether (sulfide) groups is 1. The molecule has 0 bridgehead atoms. The number of H-pyrrole nitrogens is 1. The minimum atomic E-state index is -0.988. The van der Waals surface area contributed by atoms with Gasteiger partial charge >= 0.3 is 5.97 Å². The Hall–Kier alpha value is -2.22. The Morgan fingerprint density at radius 1 is 1.40 bits per heavy atom. The summed E-state index contributed by atoms with van der Waals surface area (Å²) in [5.41, 5.74) is 0.477. The number of hydrogen-bond donors (Lipinski definition) is 2. The van der Waals surface area contributed by atoms with Crippen molar-refractivity contribution in [2.75, 3.05) is 5.75 Å². The number of carbonyl (C=O) groups is 2. The second kappa shape index (κ2) is 5.83. The van der Waals surface area contributed by atoms with Crippen molar-refractivity contribution in [2.24, 2.45) is 0 Å². The molecule has 1 heterocycles. The van der Waals surface area contributed by atoms with E-state index >= 15 is 0 Å². The summed E-state index contributed by atoms with van der Waals surface area (Å²) in [7, 11) is 0. The van der Waals surface area contributed by atoms with Gasteiger partial charge < -0.3 is 10.1 Å². The number of rotatable bonds is 5. The van der Waals surface area contributed by atoms with Gasteiger partial charge in [0.05, 0.1) is 11.3 Å². The number of carboxylic acid groups (broad SMARTS) is 1. The van der Waals surface area contributed by atoms with Gasteiger partial charge in [-0.25, -0.2) is 4.39 Å². The molecule has 8 heteroatoms. The van der Waals surface area contributed by atoms with E-state index in [1.807, 2.05) is 0 Å². The van der Waals surface area contributed by atoms with E-state index in [1.54, 1.807) is 0 Å². The Morgan fingerprint density at radius 2 is 2.15 bits per heavy atom. The predicted molar refractivity (Wildman–Crippen MR) is 70.1 cm³/mol. The van der Waals surface area contributed by atoms with Crippen LogP contribution in [0.4, 0.5) is 4.39 Å². The SMILES string of the molecule is CC(=O)c1ccc(F)c(-c2nnc(SCC(=O)O)[nH]2)c1. The second-order valence-corrected chi connectivity index (χ2v) is 4.88. The summed E-state index contributed by atoms with van der Waals surface area (Å²) in [6.07, 6.45) is 0. The molecule has 0 spiro atoms. The molecular weight excluding hydrogens is 285 g/mol. The zero-order valence-corrected chi connectivity index (χ0v) is 11.2. The summed E-state index contributed by atoms with van der Waals surface area (Å²) in [5.74, 6) is -1.74. The molecule has 0 saturated carbocycles. The Bertz CT molecular complexity index is 672. The van der Waals surface area contributed by atoms with Gasteiger partial charge in [-0.1, -0.05) is 11.8 Å². The van der Waals surface area contributed by atoms with Crippen LogP contribution in [0, 0.1) is 5.82 Å². The highest BCUT2D eigenvalue weighted by atomic mass is 32.2. The van der Waals surface area contributed by atoms with Crippen LogP contribution in [-0.2, 0) is 4.79 Å². The lowest BCUT2D eigenvalue weighted by atomic mass is 10.1. The van der Waals surface area contributed by atoms with Crippen molar-refractivity contribution in [1.82, 2.24) is 15.2 Å². The zero-order valence-electron chi connectivity index (χ0n) is 10.4. The lowest BCUT2D eigenvalue weighted by Gasteiger charge is -2.01. The maximum atomic E-state index is 13.7. The van der Waals surface area contributed by atoms with Gasteiger partial charge in [-0.2, -0.15) is 0 Å². The molecule has 0 amide bonds. The number of carboxylic acids is 1. The highest BCUT2D eigenvalue weighted by Crippen LogP contribution is 2.23. The lowest BCUT2D eigenvalue weighted by Crippen LogP contribution is -1.97. The number of halogens is 1. The number of ketones is 1. The van der Waals surface area contributed by atoms with Crippen molar-refractivity contribution < 1.29 is 19.1 Å². The average molecular weight is 295 g/mol. The van der Waals surface area contributed by atoms with Crippen molar-refractivity contribution in [3.63, 3.8) is 0 Å². The minimum absolute atomic E-state index is 0.118. The molecule has 2 aromatic rings. The summed E-state index contributed by atoms with van der Waals surface area (Å²) < 4.78 is 13.7. The number of aliphatic carboxylic acids is 1. The standard InChI is InChI=1S/C12H10FN3O3S/c1-6(17)7-2-3-9(13)8(4-7)11-14-12(16-15-11)20-5-10(18)19/h2-4H,5H2,1H3,(H,18,19)(H,14,15,16). The van der Waals surface area contributed by atoms with Gasteiger partial charge in [0.2, 0.25) is 0 Å². The van der Waals surface area contributed by atoms with E-state index < -0.39 is 11.8 Å². The van der Waals surface area contributed by atoms with Crippen molar-refractivity contribution in [3.8, 4) is 11.4 Å². The summed E-state index contributed by atoms with van der Waals surface area (Å²) in [6, 6.07) is 3.94. The van der Waals surface area contributed by atoms with E-state index in [-0.39, 0.29) is 28.1 Å². The zero-order chi connectivity index (χ0) is 14.7. The van der Waals surface area contributed by atoms with Crippen LogP contribution in [0.15, 0.2) is 23.4 Å². The third-order valence-corrected chi connectivity index (χ3v) is 3.27. The second-order valence-electron chi connectivity index (χ2n) is 3.91. The summed E-state index contributed by atoms with van der Waals surface area (Å²) in [6.45, 7) is 1.38. The molecular formula is C12H10FN3O3S. The van der Waals surface area contributed by atoms with Gasteiger partial charge in [-0.3, -0.25) is 9.59 Å². The normalized spacial score (nSPS) is 10.5. The average Bonchev–Trinajstić information content (AvgIpc) is 2.85. The van der Waals surface area contributed by atoms with E-state index in [9.17, 15) is 14.0 Å². The van der Waals surface area contributed by atoms with Gasteiger partial charge in [0, 0.05) is 5.56 Å². The predicted octanol–water partition coefficient (Wildman–Crippen LogP) is 1.99. The quantitative estimate of drug-likeness (QED) is 0.647. The Kier molecular flexibility index (Phi) is 4.14. The van der Waals surface area contributed by atoms with Gasteiger partial charge in [0.15, 0.2) is 16.8 Å². The first kappa shape index (κ1) is 14.2. The van der Waals surface area contributed by atoms with E-state index in [0.29, 0.717) is 5.56 Å². The first-order chi connectivity index (χ1) is 9.47. The van der Waals surface area contributed by atoms with Crippen LogP contribution in [0.3, 0.4) is 0 Å². The molecule has 2 N–H and O–H groups in total.